The van der Waals surface area contributed by atoms with Gasteiger partial charge in [-0.3, -0.25) is 9.59 Å². The molecule has 0 fully saturated rings. The Balaban J connectivity index is 0. The van der Waals surface area contributed by atoms with Crippen LogP contribution in [0.25, 0.3) is 0 Å². The third kappa shape index (κ3) is 45.3. The van der Waals surface area contributed by atoms with Crippen molar-refractivity contribution in [3.63, 3.8) is 0 Å². The third-order valence-corrected chi connectivity index (χ3v) is 5.84. The molecule has 0 aliphatic heterocycles. The highest BCUT2D eigenvalue weighted by atomic mass is 16.4. The largest absolute Gasteiger partial charge is 0.481 e. The maximum Gasteiger partial charge on any atom is 0.303 e. The van der Waals surface area contributed by atoms with Crippen LogP contribution < -0.4 is 0 Å². The first-order valence-electron chi connectivity index (χ1n) is 16.5. The molecule has 4 nitrogen and oxygen atoms in total. The van der Waals surface area contributed by atoms with Gasteiger partial charge in [-0.05, 0) is 89.9 Å². The summed E-state index contributed by atoms with van der Waals surface area (Å²) in [6.07, 6.45) is 56.9. The number of carboxylic acid groups (broad SMARTS) is 2. The van der Waals surface area contributed by atoms with E-state index in [2.05, 4.69) is 135 Å². The molecule has 0 aromatic rings. The van der Waals surface area contributed by atoms with E-state index in [1.165, 1.54) is 0 Å². The fraction of sp³-hybridized carbons (Fsp3) is 0.450. The molecule has 0 rings (SSSR count). The van der Waals surface area contributed by atoms with Crippen molar-refractivity contribution in [2.24, 2.45) is 0 Å². The lowest BCUT2D eigenvalue weighted by atomic mass is 10.2. The van der Waals surface area contributed by atoms with Gasteiger partial charge in [0.05, 0.1) is 0 Å². The minimum atomic E-state index is -0.715. The molecule has 0 aromatic carbocycles. The van der Waals surface area contributed by atoms with Crippen LogP contribution in [-0.4, -0.2) is 22.2 Å². The smallest absolute Gasteiger partial charge is 0.303 e. The van der Waals surface area contributed by atoms with Crippen LogP contribution in [0, 0.1) is 0 Å². The van der Waals surface area contributed by atoms with Crippen molar-refractivity contribution in [2.45, 2.75) is 117 Å². The fourth-order valence-corrected chi connectivity index (χ4v) is 3.48. The number of carbonyl (C=O) groups is 2. The second-order valence-corrected chi connectivity index (χ2v) is 9.99. The highest BCUT2D eigenvalue weighted by Crippen LogP contribution is 2.00. The first-order chi connectivity index (χ1) is 21.5. The van der Waals surface area contributed by atoms with Gasteiger partial charge in [0, 0.05) is 12.8 Å². The van der Waals surface area contributed by atoms with Gasteiger partial charge in [-0.25, -0.2) is 0 Å². The Morgan fingerprint density at radius 2 is 0.568 bits per heavy atom. The summed E-state index contributed by atoms with van der Waals surface area (Å²) in [5, 5.41) is 17.0. The summed E-state index contributed by atoms with van der Waals surface area (Å²) in [6.45, 7) is 4.29. The lowest BCUT2D eigenvalue weighted by molar-refractivity contribution is -0.138. The zero-order valence-corrected chi connectivity index (χ0v) is 27.6. The Hall–Kier alpha value is -3.66. The Bertz CT molecular complexity index is 874. The molecule has 0 unspecified atom stereocenters. The average molecular weight is 605 g/mol. The van der Waals surface area contributed by atoms with E-state index in [4.69, 9.17) is 10.2 Å². The number of allylic oxidation sites excluding steroid dienone is 20. The van der Waals surface area contributed by atoms with Crippen molar-refractivity contribution in [3.05, 3.63) is 122 Å². The van der Waals surface area contributed by atoms with Gasteiger partial charge in [0.1, 0.15) is 0 Å². The topological polar surface area (TPSA) is 74.6 Å². The highest BCUT2D eigenvalue weighted by Gasteiger charge is 1.93. The lowest BCUT2D eigenvalue weighted by Crippen LogP contribution is -1.92. The minimum Gasteiger partial charge on any atom is -0.481 e. The molecule has 0 saturated heterocycles. The van der Waals surface area contributed by atoms with Gasteiger partial charge < -0.3 is 10.2 Å². The Labute approximate surface area is 269 Å². The van der Waals surface area contributed by atoms with Gasteiger partial charge in [0.2, 0.25) is 0 Å². The van der Waals surface area contributed by atoms with E-state index in [-0.39, 0.29) is 12.8 Å². The molecule has 0 amide bonds. The number of hydrogen-bond acceptors (Lipinski definition) is 2. The standard InChI is InChI=1S/2C20H30O2/c2*1-2-3-4-5-6-7-8-9-10-11-12-13-14-15-16-17-18-19-20(21)22/h2*3-4,6-7,9-10,12-13,15-16H,2,5,8,11,14,17-19H2,1H3,(H,21,22). The van der Waals surface area contributed by atoms with Crippen molar-refractivity contribution in [3.8, 4) is 0 Å². The molecule has 0 heterocycles. The Kier molecular flexibility index (Phi) is 38.0. The van der Waals surface area contributed by atoms with Crippen LogP contribution in [0.4, 0.5) is 0 Å². The third-order valence-electron chi connectivity index (χ3n) is 5.84. The molecule has 0 saturated carbocycles. The van der Waals surface area contributed by atoms with Gasteiger partial charge in [-0.15, -0.1) is 0 Å². The molecule has 244 valence electrons. The second-order valence-electron chi connectivity index (χ2n) is 9.99. The van der Waals surface area contributed by atoms with E-state index in [9.17, 15) is 9.59 Å². The van der Waals surface area contributed by atoms with Crippen molar-refractivity contribution in [1.82, 2.24) is 0 Å². The predicted octanol–water partition coefficient (Wildman–Crippen LogP) is 12.0. The Morgan fingerprint density at radius 3 is 0.773 bits per heavy atom. The predicted molar refractivity (Wildman–Crippen MR) is 192 cm³/mol. The first kappa shape index (κ1) is 42.5. The normalized spacial score (nSPS) is 12.8. The molecule has 2 N–H and O–H groups in total. The molecule has 0 atom stereocenters. The van der Waals surface area contributed by atoms with Crippen molar-refractivity contribution >= 4 is 11.9 Å². The molecule has 0 bridgehead atoms. The zero-order valence-electron chi connectivity index (χ0n) is 27.6. The Morgan fingerprint density at radius 1 is 0.364 bits per heavy atom. The van der Waals surface area contributed by atoms with Gasteiger partial charge >= 0.3 is 11.9 Å². The highest BCUT2D eigenvalue weighted by molar-refractivity contribution is 5.66. The van der Waals surface area contributed by atoms with Crippen LogP contribution in [-0.2, 0) is 9.59 Å². The second kappa shape index (κ2) is 39.3. The SMILES string of the molecule is CCC=CCC=CCC=CCC=CCC=CCCCC(=O)O.CCC=CCC=CCC=CCC=CCC=CCCCC(=O)O. The molecule has 0 spiro atoms. The minimum absolute atomic E-state index is 0.258. The summed E-state index contributed by atoms with van der Waals surface area (Å²) >= 11 is 0. The van der Waals surface area contributed by atoms with Gasteiger partial charge in [0.15, 0.2) is 0 Å². The molecule has 44 heavy (non-hydrogen) atoms. The molecular formula is C40H60O4. The van der Waals surface area contributed by atoms with Gasteiger partial charge in [0.25, 0.3) is 0 Å². The number of rotatable bonds is 26. The van der Waals surface area contributed by atoms with Crippen LogP contribution >= 0.6 is 0 Å². The molecule has 0 aromatic heterocycles. The van der Waals surface area contributed by atoms with E-state index in [1.807, 2.05) is 0 Å². The first-order valence-corrected chi connectivity index (χ1v) is 16.5. The summed E-state index contributed by atoms with van der Waals surface area (Å²) < 4.78 is 0. The number of hydrogen-bond donors (Lipinski definition) is 2. The van der Waals surface area contributed by atoms with E-state index >= 15 is 0 Å². The lowest BCUT2D eigenvalue weighted by Gasteiger charge is -1.89. The van der Waals surface area contributed by atoms with Crippen LogP contribution in [0.3, 0.4) is 0 Å². The summed E-state index contributed by atoms with van der Waals surface area (Å²) in [5.41, 5.74) is 0. The van der Waals surface area contributed by atoms with Crippen molar-refractivity contribution in [2.75, 3.05) is 0 Å². The maximum absolute atomic E-state index is 10.3. The van der Waals surface area contributed by atoms with Crippen LogP contribution in [0.2, 0.25) is 0 Å². The maximum atomic E-state index is 10.3. The fourth-order valence-electron chi connectivity index (χ4n) is 3.48. The molecule has 0 aliphatic carbocycles. The van der Waals surface area contributed by atoms with E-state index in [0.717, 1.165) is 89.9 Å². The number of aliphatic carboxylic acids is 2. The molecular weight excluding hydrogens is 544 g/mol. The van der Waals surface area contributed by atoms with Crippen molar-refractivity contribution in [1.29, 1.82) is 0 Å². The molecule has 0 radical (unpaired) electrons. The van der Waals surface area contributed by atoms with Crippen molar-refractivity contribution < 1.29 is 19.8 Å². The monoisotopic (exact) mass is 604 g/mol. The molecule has 0 aliphatic rings. The van der Waals surface area contributed by atoms with Gasteiger partial charge in [-0.1, -0.05) is 135 Å². The van der Waals surface area contributed by atoms with Crippen LogP contribution in [0.5, 0.6) is 0 Å². The van der Waals surface area contributed by atoms with Gasteiger partial charge in [-0.2, -0.15) is 0 Å². The molecule has 4 heteroatoms. The average Bonchev–Trinajstić information content (AvgIpc) is 3.00. The number of carboxylic acids is 2. The summed E-state index contributed by atoms with van der Waals surface area (Å²) in [5.74, 6) is -1.43. The zero-order chi connectivity index (χ0) is 32.6. The van der Waals surface area contributed by atoms with Crippen LogP contribution in [0.1, 0.15) is 117 Å². The summed E-state index contributed by atoms with van der Waals surface area (Å²) in [6, 6.07) is 0. The summed E-state index contributed by atoms with van der Waals surface area (Å²) in [4.78, 5) is 20.6. The van der Waals surface area contributed by atoms with Crippen LogP contribution in [0.15, 0.2) is 122 Å². The van der Waals surface area contributed by atoms with E-state index in [1.54, 1.807) is 0 Å². The number of unbranched alkanes of at least 4 members (excludes halogenated alkanes) is 2. The quantitative estimate of drug-likeness (QED) is 0.0760. The van der Waals surface area contributed by atoms with E-state index < -0.39 is 11.9 Å². The van der Waals surface area contributed by atoms with E-state index in [0.29, 0.717) is 0 Å². The summed E-state index contributed by atoms with van der Waals surface area (Å²) in [7, 11) is 0.